The van der Waals surface area contributed by atoms with Gasteiger partial charge in [-0.25, -0.2) is 9.59 Å². The number of aliphatic hydroxyl groups excluding tert-OH is 6. The van der Waals surface area contributed by atoms with Crippen LogP contribution in [0.4, 0.5) is 0 Å². The van der Waals surface area contributed by atoms with Crippen molar-refractivity contribution in [2.24, 2.45) is 0 Å². The highest BCUT2D eigenvalue weighted by Gasteiger charge is 2.60. The van der Waals surface area contributed by atoms with E-state index < -0.39 is 86.6 Å². The lowest BCUT2D eigenvalue weighted by molar-refractivity contribution is -0.383. The summed E-state index contributed by atoms with van der Waals surface area (Å²) in [5, 5.41) is 73.3. The van der Waals surface area contributed by atoms with Crippen LogP contribution in [0, 0.1) is 0 Å². The van der Waals surface area contributed by atoms with Crippen molar-refractivity contribution in [3.63, 3.8) is 0 Å². The van der Waals surface area contributed by atoms with E-state index in [2.05, 4.69) is 0 Å². The third kappa shape index (κ3) is 9.14. The molecule has 0 spiro atoms. The van der Waals surface area contributed by atoms with Crippen LogP contribution in [-0.2, 0) is 33.3 Å². The molecule has 2 aromatic rings. The van der Waals surface area contributed by atoms with Crippen molar-refractivity contribution in [1.82, 2.24) is 0 Å². The number of carbonyl (C=O) groups is 2. The van der Waals surface area contributed by atoms with Gasteiger partial charge in [-0.2, -0.15) is 0 Å². The van der Waals surface area contributed by atoms with Crippen molar-refractivity contribution in [2.75, 3.05) is 55.4 Å². The van der Waals surface area contributed by atoms with E-state index in [9.17, 15) is 45.3 Å². The Bertz CT molecular complexity index is 1610. The molecular formula is C35H44O19. The number of carbonyl (C=O) groups excluding carboxylic acids is 2. The quantitative estimate of drug-likeness (QED) is 0.0788. The van der Waals surface area contributed by atoms with Crippen molar-refractivity contribution < 1.29 is 92.7 Å². The highest BCUT2D eigenvalue weighted by molar-refractivity contribution is 5.88. The molecule has 4 rings (SSSR count). The minimum Gasteiger partial charge on any atom is -0.502 e. The monoisotopic (exact) mass is 768 g/mol. The number of aliphatic hydroxyl groups is 6. The number of phenols is 1. The van der Waals surface area contributed by atoms with Crippen molar-refractivity contribution in [3.8, 4) is 34.5 Å². The molecule has 0 saturated carbocycles. The second-order valence-corrected chi connectivity index (χ2v) is 11.8. The zero-order valence-electron chi connectivity index (χ0n) is 29.9. The first-order valence-electron chi connectivity index (χ1n) is 16.2. The molecule has 2 aromatic carbocycles. The van der Waals surface area contributed by atoms with Gasteiger partial charge in [0.1, 0.15) is 49.8 Å². The van der Waals surface area contributed by atoms with Gasteiger partial charge in [-0.05, 0) is 47.5 Å². The molecule has 19 heteroatoms. The Kier molecular flexibility index (Phi) is 14.5. The van der Waals surface area contributed by atoms with Crippen LogP contribution in [0.3, 0.4) is 0 Å². The van der Waals surface area contributed by atoms with Gasteiger partial charge in [0.2, 0.25) is 17.3 Å². The maximum atomic E-state index is 13.0. The van der Waals surface area contributed by atoms with E-state index in [-0.39, 0.29) is 17.2 Å². The van der Waals surface area contributed by atoms with Gasteiger partial charge in [-0.3, -0.25) is 0 Å². The molecule has 2 heterocycles. The molecule has 0 amide bonds. The summed E-state index contributed by atoms with van der Waals surface area (Å²) in [4.78, 5) is 25.6. The van der Waals surface area contributed by atoms with Crippen LogP contribution < -0.4 is 23.7 Å². The first kappa shape index (κ1) is 42.0. The number of aromatic hydroxyl groups is 1. The molecule has 9 atom stereocenters. The molecule has 9 unspecified atom stereocenters. The number of benzene rings is 2. The summed E-state index contributed by atoms with van der Waals surface area (Å²) in [7, 11) is 6.89. The second kappa shape index (κ2) is 18.6. The lowest BCUT2D eigenvalue weighted by atomic mass is 9.98. The number of rotatable bonds is 16. The van der Waals surface area contributed by atoms with Gasteiger partial charge in [0, 0.05) is 12.2 Å². The zero-order chi connectivity index (χ0) is 39.7. The van der Waals surface area contributed by atoms with E-state index in [0.29, 0.717) is 28.4 Å². The van der Waals surface area contributed by atoms with Crippen LogP contribution in [0.2, 0.25) is 0 Å². The number of hydrogen-bond acceptors (Lipinski definition) is 19. The Morgan fingerprint density at radius 1 is 0.722 bits per heavy atom. The van der Waals surface area contributed by atoms with Crippen molar-refractivity contribution in [2.45, 2.75) is 54.8 Å². The Morgan fingerprint density at radius 3 is 1.76 bits per heavy atom. The largest absolute Gasteiger partial charge is 0.502 e. The van der Waals surface area contributed by atoms with E-state index in [4.69, 9.17) is 47.4 Å². The predicted octanol–water partition coefficient (Wildman–Crippen LogP) is -1.12. The van der Waals surface area contributed by atoms with Crippen molar-refractivity contribution in [1.29, 1.82) is 0 Å². The molecule has 2 aliphatic rings. The lowest BCUT2D eigenvalue weighted by Crippen LogP contribution is -2.63. The molecule has 0 bridgehead atoms. The summed E-state index contributed by atoms with van der Waals surface area (Å²) in [6.45, 7) is -2.65. The molecule has 2 saturated heterocycles. The van der Waals surface area contributed by atoms with E-state index >= 15 is 0 Å². The summed E-state index contributed by atoms with van der Waals surface area (Å²) in [5.41, 5.74) is 0.803. The van der Waals surface area contributed by atoms with Crippen molar-refractivity contribution >= 4 is 24.1 Å². The number of phenolic OH excluding ortho intramolecular Hbond substituents is 1. The Balaban J connectivity index is 1.49. The molecule has 54 heavy (non-hydrogen) atoms. The Morgan fingerprint density at radius 2 is 1.26 bits per heavy atom. The second-order valence-electron chi connectivity index (χ2n) is 11.8. The van der Waals surface area contributed by atoms with Gasteiger partial charge in [-0.1, -0.05) is 0 Å². The molecule has 0 aliphatic carbocycles. The summed E-state index contributed by atoms with van der Waals surface area (Å²) < 4.78 is 53.6. The van der Waals surface area contributed by atoms with Crippen LogP contribution in [-0.4, -0.2) is 158 Å². The van der Waals surface area contributed by atoms with Gasteiger partial charge in [-0.15, -0.1) is 0 Å². The summed E-state index contributed by atoms with van der Waals surface area (Å²) in [5.74, 6) is -3.69. The first-order valence-corrected chi connectivity index (χ1v) is 16.2. The third-order valence-corrected chi connectivity index (χ3v) is 8.51. The molecule has 7 N–H and O–H groups in total. The maximum absolute atomic E-state index is 13.0. The number of ether oxygens (including phenoxy) is 10. The van der Waals surface area contributed by atoms with E-state index in [1.807, 2.05) is 0 Å². The van der Waals surface area contributed by atoms with Gasteiger partial charge in [0.05, 0.1) is 42.2 Å². The summed E-state index contributed by atoms with van der Waals surface area (Å²) in [6, 6.07) is 5.92. The maximum Gasteiger partial charge on any atom is 0.331 e. The first-order chi connectivity index (χ1) is 25.8. The average Bonchev–Trinajstić information content (AvgIpc) is 3.44. The highest BCUT2D eigenvalue weighted by Crippen LogP contribution is 2.40. The summed E-state index contributed by atoms with van der Waals surface area (Å²) in [6.07, 6.45) is -9.75. The number of hydrogen-bond donors (Lipinski definition) is 7. The normalized spacial score (nSPS) is 28.2. The Hall–Kier alpha value is -4.70. The molecule has 2 fully saturated rings. The lowest BCUT2D eigenvalue weighted by Gasteiger charge is -2.43. The van der Waals surface area contributed by atoms with Crippen LogP contribution in [0.5, 0.6) is 34.5 Å². The zero-order valence-corrected chi connectivity index (χ0v) is 29.9. The third-order valence-electron chi connectivity index (χ3n) is 8.51. The topological polar surface area (TPSA) is 268 Å². The minimum atomic E-state index is -2.49. The molecule has 0 aromatic heterocycles. The van der Waals surface area contributed by atoms with Crippen LogP contribution in [0.15, 0.2) is 36.4 Å². The molecule has 0 radical (unpaired) electrons. The molecule has 19 nitrogen and oxygen atoms in total. The van der Waals surface area contributed by atoms with E-state index in [1.54, 1.807) is 0 Å². The van der Waals surface area contributed by atoms with Crippen LogP contribution in [0.1, 0.15) is 11.1 Å². The van der Waals surface area contributed by atoms with E-state index in [1.165, 1.54) is 72.0 Å². The minimum absolute atomic E-state index is 0.0773. The fourth-order valence-corrected chi connectivity index (χ4v) is 5.67. The molecule has 2 aliphatic heterocycles. The number of esters is 2. The van der Waals surface area contributed by atoms with Gasteiger partial charge < -0.3 is 83.1 Å². The van der Waals surface area contributed by atoms with E-state index in [0.717, 1.165) is 12.2 Å². The van der Waals surface area contributed by atoms with Crippen LogP contribution in [0.25, 0.3) is 12.2 Å². The fraction of sp³-hybridized carbons (Fsp3) is 0.486. The summed E-state index contributed by atoms with van der Waals surface area (Å²) >= 11 is 0. The highest BCUT2D eigenvalue weighted by atomic mass is 16.8. The Labute approximate surface area is 309 Å². The van der Waals surface area contributed by atoms with Crippen LogP contribution >= 0.6 is 0 Å². The van der Waals surface area contributed by atoms with Gasteiger partial charge >= 0.3 is 11.9 Å². The van der Waals surface area contributed by atoms with Gasteiger partial charge in [0.15, 0.2) is 35.4 Å². The SMILES string of the molecule is COc1cc(/C=C/C(=O)OCC2OC(OC3(CO)OC(CO)C(O)C3OC(=O)/C=C/c3cc(OC)c(OC)c(OC)c3)C(O)C(O)C2O)cc(OC)c1O. The molecular weight excluding hydrogens is 724 g/mol. The smallest absolute Gasteiger partial charge is 0.331 e. The standard InChI is InChI=1S/C35H44O19/c1-45-19-10-17(11-20(46-2)27(19)40)6-8-25(38)50-15-24-28(41)30(43)31(44)34(51-24)54-35(16-37)33(29(42)23(14-36)53-35)52-26(39)9-7-18-12-21(47-3)32(49-5)22(13-18)48-4/h6-13,23-24,28-31,33-34,36-37,40-44H,14-16H2,1-5H3/b8-6+,9-7+. The predicted molar refractivity (Wildman–Crippen MR) is 182 cm³/mol. The number of methoxy groups -OCH3 is 5. The fourth-order valence-electron chi connectivity index (χ4n) is 5.67. The molecule has 298 valence electrons. The van der Waals surface area contributed by atoms with Gasteiger partial charge in [0.25, 0.3) is 0 Å². The average molecular weight is 769 g/mol. The van der Waals surface area contributed by atoms with Crippen molar-refractivity contribution in [3.05, 3.63) is 47.5 Å².